The summed E-state index contributed by atoms with van der Waals surface area (Å²) in [6.07, 6.45) is 2.80. The van der Waals surface area contributed by atoms with E-state index in [4.69, 9.17) is 14.2 Å². The van der Waals surface area contributed by atoms with E-state index in [1.807, 2.05) is 12.1 Å². The molecule has 0 radical (unpaired) electrons. The maximum absolute atomic E-state index is 14.0. The summed E-state index contributed by atoms with van der Waals surface area (Å²) in [5, 5.41) is 9.38. The minimum absolute atomic E-state index is 0.0571. The lowest BCUT2D eigenvalue weighted by molar-refractivity contribution is -0.153. The Morgan fingerprint density at radius 2 is 1.66 bits per heavy atom. The van der Waals surface area contributed by atoms with Crippen molar-refractivity contribution >= 4 is 12.0 Å². The Bertz CT molecular complexity index is 1240. The van der Waals surface area contributed by atoms with Gasteiger partial charge in [-0.25, -0.2) is 4.79 Å². The van der Waals surface area contributed by atoms with Crippen LogP contribution in [-0.4, -0.2) is 85.4 Å². The quantitative estimate of drug-likeness (QED) is 0.474. The van der Waals surface area contributed by atoms with E-state index in [-0.39, 0.29) is 23.4 Å². The molecule has 2 aliphatic heterocycles. The average Bonchev–Trinajstić information content (AvgIpc) is 2.95. The molecular weight excluding hydrogens is 522 g/mol. The molecule has 1 atom stereocenters. The lowest BCUT2D eigenvalue weighted by Gasteiger charge is -2.58. The number of carbonyl (C=O) groups excluding carboxylic acids is 1. The van der Waals surface area contributed by atoms with Crippen LogP contribution in [0.1, 0.15) is 68.2 Å². The monoisotopic (exact) mass is 565 g/mol. The number of ether oxygens (including phenoxy) is 3. The second-order valence-electron chi connectivity index (χ2n) is 12.1. The molecule has 2 aromatic carbocycles. The molecule has 41 heavy (non-hydrogen) atoms. The number of carbonyl (C=O) groups is 2. The summed E-state index contributed by atoms with van der Waals surface area (Å²) < 4.78 is 16.6. The molecule has 3 aliphatic rings. The normalized spacial score (nSPS) is 21.2. The number of carboxylic acid groups (broad SMARTS) is 1. The molecule has 2 saturated heterocycles. The second kappa shape index (κ2) is 11.8. The fourth-order valence-electron chi connectivity index (χ4n) is 7.21. The van der Waals surface area contributed by atoms with E-state index >= 15 is 0 Å². The summed E-state index contributed by atoms with van der Waals surface area (Å²) in [6, 6.07) is 12.5. The molecule has 2 aromatic rings. The third kappa shape index (κ3) is 5.69. The lowest BCUT2D eigenvalue weighted by Crippen LogP contribution is -2.62. The highest BCUT2D eigenvalue weighted by atomic mass is 16.5. The Morgan fingerprint density at radius 1 is 1.02 bits per heavy atom. The van der Waals surface area contributed by atoms with Gasteiger partial charge in [0.1, 0.15) is 0 Å². The van der Waals surface area contributed by atoms with Gasteiger partial charge in [-0.05, 0) is 65.8 Å². The van der Waals surface area contributed by atoms with Crippen molar-refractivity contribution in [2.75, 3.05) is 47.5 Å². The SMILES string of the molecule is COc1cc(CN2CC(=O)N(C3CC4(CCN(C(=O)O)CC4)C3)C(c3ccccc3C(C)C)C2)cc(OC)c1OC. The van der Waals surface area contributed by atoms with Crippen LogP contribution in [0.25, 0.3) is 0 Å². The van der Waals surface area contributed by atoms with Crippen LogP contribution in [0.2, 0.25) is 0 Å². The van der Waals surface area contributed by atoms with Crippen LogP contribution in [0.5, 0.6) is 17.2 Å². The van der Waals surface area contributed by atoms with Crippen molar-refractivity contribution in [3.63, 3.8) is 0 Å². The van der Waals surface area contributed by atoms with E-state index in [0.717, 1.165) is 37.8 Å². The maximum atomic E-state index is 14.0. The van der Waals surface area contributed by atoms with E-state index in [1.54, 1.807) is 21.3 Å². The van der Waals surface area contributed by atoms with Gasteiger partial charge in [0.05, 0.1) is 33.9 Å². The molecule has 1 N–H and O–H groups in total. The standard InChI is InChI=1S/C32H43N3O6/c1-21(2)24-8-6-7-9-25(24)26-19-33(18-22-14-27(39-3)30(41-5)28(15-22)40-4)20-29(36)35(26)23-16-32(17-23)10-12-34(13-11-32)31(37)38/h6-9,14-15,21,23,26H,10-13,16-20H2,1-5H3,(H,37,38). The molecule has 1 aliphatic carbocycles. The highest BCUT2D eigenvalue weighted by Crippen LogP contribution is 2.53. The van der Waals surface area contributed by atoms with E-state index in [1.165, 1.54) is 16.0 Å². The van der Waals surface area contributed by atoms with Crippen LogP contribution in [0.3, 0.4) is 0 Å². The molecule has 5 rings (SSSR count). The van der Waals surface area contributed by atoms with Gasteiger partial charge in [-0.2, -0.15) is 0 Å². The van der Waals surface area contributed by atoms with Crippen molar-refractivity contribution in [3.05, 3.63) is 53.1 Å². The van der Waals surface area contributed by atoms with Gasteiger partial charge in [-0.3, -0.25) is 9.69 Å². The number of amides is 2. The Labute approximate surface area is 243 Å². The lowest BCUT2D eigenvalue weighted by atomic mass is 9.59. The number of piperidine rings is 1. The fourth-order valence-corrected chi connectivity index (χ4v) is 7.21. The van der Waals surface area contributed by atoms with Gasteiger partial charge < -0.3 is 29.1 Å². The number of likely N-dealkylation sites (tertiary alicyclic amines) is 1. The first-order valence-corrected chi connectivity index (χ1v) is 14.6. The predicted molar refractivity (Wildman–Crippen MR) is 156 cm³/mol. The number of rotatable bonds is 8. The summed E-state index contributed by atoms with van der Waals surface area (Å²) in [7, 11) is 4.81. The van der Waals surface area contributed by atoms with Crippen molar-refractivity contribution in [2.24, 2.45) is 5.41 Å². The zero-order valence-electron chi connectivity index (χ0n) is 24.9. The molecule has 0 bridgehead atoms. The first-order valence-electron chi connectivity index (χ1n) is 14.6. The third-order valence-electron chi connectivity index (χ3n) is 9.35. The van der Waals surface area contributed by atoms with Crippen LogP contribution < -0.4 is 14.2 Å². The minimum atomic E-state index is -0.834. The molecular formula is C32H43N3O6. The van der Waals surface area contributed by atoms with Crippen molar-refractivity contribution < 1.29 is 28.9 Å². The van der Waals surface area contributed by atoms with Crippen molar-refractivity contribution in [2.45, 2.75) is 64.1 Å². The molecule has 1 unspecified atom stereocenters. The number of benzene rings is 2. The van der Waals surface area contributed by atoms with E-state index in [0.29, 0.717) is 49.3 Å². The zero-order chi connectivity index (χ0) is 29.3. The summed E-state index contributed by atoms with van der Waals surface area (Å²) in [6.45, 7) is 7.22. The largest absolute Gasteiger partial charge is 0.493 e. The molecule has 1 spiro atoms. The topological polar surface area (TPSA) is 91.8 Å². The molecule has 0 aromatic heterocycles. The molecule has 9 heteroatoms. The van der Waals surface area contributed by atoms with Crippen molar-refractivity contribution in [1.82, 2.24) is 14.7 Å². The first kappa shape index (κ1) is 29.0. The predicted octanol–water partition coefficient (Wildman–Crippen LogP) is 5.14. The van der Waals surface area contributed by atoms with Crippen LogP contribution in [-0.2, 0) is 11.3 Å². The van der Waals surface area contributed by atoms with E-state index in [9.17, 15) is 14.7 Å². The van der Waals surface area contributed by atoms with Gasteiger partial charge in [0.2, 0.25) is 11.7 Å². The number of hydrogen-bond acceptors (Lipinski definition) is 6. The van der Waals surface area contributed by atoms with Gasteiger partial charge in [0.25, 0.3) is 0 Å². The summed E-state index contributed by atoms with van der Waals surface area (Å²) in [5.41, 5.74) is 3.62. The fraction of sp³-hybridized carbons (Fsp3) is 0.562. The smallest absolute Gasteiger partial charge is 0.407 e. The third-order valence-corrected chi connectivity index (χ3v) is 9.35. The number of hydrogen-bond donors (Lipinski definition) is 1. The summed E-state index contributed by atoms with van der Waals surface area (Å²) >= 11 is 0. The van der Waals surface area contributed by atoms with Crippen molar-refractivity contribution in [1.29, 1.82) is 0 Å². The van der Waals surface area contributed by atoms with Gasteiger partial charge in [0, 0.05) is 32.2 Å². The van der Waals surface area contributed by atoms with E-state index < -0.39 is 6.09 Å². The van der Waals surface area contributed by atoms with Crippen LogP contribution in [0.15, 0.2) is 36.4 Å². The van der Waals surface area contributed by atoms with E-state index in [2.05, 4.69) is 47.9 Å². The highest BCUT2D eigenvalue weighted by Gasteiger charge is 2.52. The maximum Gasteiger partial charge on any atom is 0.407 e. The van der Waals surface area contributed by atoms with Crippen LogP contribution in [0.4, 0.5) is 4.79 Å². The number of methoxy groups -OCH3 is 3. The summed E-state index contributed by atoms with van der Waals surface area (Å²) in [4.78, 5) is 31.3. The molecule has 9 nitrogen and oxygen atoms in total. The van der Waals surface area contributed by atoms with Crippen molar-refractivity contribution in [3.8, 4) is 17.2 Å². The number of nitrogens with zero attached hydrogens (tertiary/aromatic N) is 3. The van der Waals surface area contributed by atoms with Gasteiger partial charge in [-0.1, -0.05) is 38.1 Å². The minimum Gasteiger partial charge on any atom is -0.493 e. The van der Waals surface area contributed by atoms with Gasteiger partial charge in [-0.15, -0.1) is 0 Å². The molecule has 222 valence electrons. The summed E-state index contributed by atoms with van der Waals surface area (Å²) in [5.74, 6) is 2.23. The van der Waals surface area contributed by atoms with Crippen LogP contribution in [0, 0.1) is 5.41 Å². The molecule has 2 heterocycles. The van der Waals surface area contributed by atoms with Gasteiger partial charge >= 0.3 is 6.09 Å². The molecule has 3 fully saturated rings. The van der Waals surface area contributed by atoms with Gasteiger partial charge in [0.15, 0.2) is 11.5 Å². The Kier molecular flexibility index (Phi) is 8.36. The van der Waals surface area contributed by atoms with Crippen LogP contribution >= 0.6 is 0 Å². The first-order chi connectivity index (χ1) is 19.7. The highest BCUT2D eigenvalue weighted by molar-refractivity contribution is 5.80. The Morgan fingerprint density at radius 3 is 2.22 bits per heavy atom. The Balaban J connectivity index is 1.40. The zero-order valence-corrected chi connectivity index (χ0v) is 24.9. The average molecular weight is 566 g/mol. The molecule has 2 amide bonds. The molecule has 1 saturated carbocycles. The second-order valence-corrected chi connectivity index (χ2v) is 12.1. The Hall–Kier alpha value is -3.46. The number of piperazine rings is 1.